The molecule has 0 radical (unpaired) electrons. The number of amides is 2. The van der Waals surface area contributed by atoms with Gasteiger partial charge in [-0.3, -0.25) is 38.0 Å². The summed E-state index contributed by atoms with van der Waals surface area (Å²) in [5.41, 5.74) is 8.54. The van der Waals surface area contributed by atoms with Gasteiger partial charge in [-0.15, -0.1) is 0 Å². The second kappa shape index (κ2) is 21.3. The number of aliphatic hydroxyl groups is 2. The van der Waals surface area contributed by atoms with E-state index < -0.39 is 70.0 Å². The van der Waals surface area contributed by atoms with Gasteiger partial charge in [-0.05, 0) is 80.5 Å². The molecule has 1 unspecified atom stereocenters. The maximum absolute atomic E-state index is 12.3. The number of phosphoric acid groups is 2. The lowest BCUT2D eigenvalue weighted by Gasteiger charge is -2.17. The first-order valence-corrected chi connectivity index (χ1v) is 23.4. The molecule has 6 heterocycles. The van der Waals surface area contributed by atoms with Crippen LogP contribution >= 0.6 is 15.6 Å². The van der Waals surface area contributed by atoms with Gasteiger partial charge in [0.2, 0.25) is 0 Å². The second-order valence-electron chi connectivity index (χ2n) is 15.6. The Morgan fingerprint density at radius 1 is 0.779 bits per heavy atom. The maximum Gasteiger partial charge on any atom is 0.481 e. The van der Waals surface area contributed by atoms with E-state index >= 15 is 0 Å². The van der Waals surface area contributed by atoms with Gasteiger partial charge in [0.1, 0.15) is 18.3 Å². The van der Waals surface area contributed by atoms with Crippen molar-refractivity contribution in [3.63, 3.8) is 0 Å². The van der Waals surface area contributed by atoms with Crippen LogP contribution in [0.5, 0.6) is 0 Å². The van der Waals surface area contributed by atoms with E-state index in [0.29, 0.717) is 34.5 Å². The largest absolute Gasteiger partial charge is 0.481 e. The summed E-state index contributed by atoms with van der Waals surface area (Å²) >= 11 is 0. The van der Waals surface area contributed by atoms with E-state index in [4.69, 9.17) is 19.4 Å². The number of carboxylic acid groups (broad SMARTS) is 2. The molecule has 3 aromatic heterocycles. The normalized spacial score (nSPS) is 21.5. The van der Waals surface area contributed by atoms with Gasteiger partial charge in [0.25, 0.3) is 17.4 Å². The molecule has 3 aliphatic heterocycles. The number of rotatable bonds is 18. The Balaban J connectivity index is 0.000000293. The van der Waals surface area contributed by atoms with E-state index in [2.05, 4.69) is 42.6 Å². The molecule has 12 N–H and O–H groups in total. The van der Waals surface area contributed by atoms with Crippen molar-refractivity contribution in [3.05, 3.63) is 137 Å². The zero-order chi connectivity index (χ0) is 50.6. The molecule has 1 fully saturated rings. The fourth-order valence-electron chi connectivity index (χ4n) is 7.66. The minimum absolute atomic E-state index is 0.0688. The molecule has 1 saturated heterocycles. The average molecular weight is 989 g/mol. The van der Waals surface area contributed by atoms with Crippen LogP contribution < -0.4 is 21.9 Å². The molecule has 5 atom stereocenters. The Hall–Kier alpha value is -6.30. The Kier molecular flexibility index (Phi) is 16.5. The molecule has 0 spiro atoms. The summed E-state index contributed by atoms with van der Waals surface area (Å²) in [6.07, 6.45) is 2.34. The van der Waals surface area contributed by atoms with Gasteiger partial charge in [-0.2, -0.15) is 4.31 Å². The topological polar surface area (TPSA) is 382 Å². The summed E-state index contributed by atoms with van der Waals surface area (Å²) in [5.74, 6) is -2.28. The van der Waals surface area contributed by atoms with Crippen molar-refractivity contribution in [1.29, 1.82) is 0 Å². The number of aromatic nitrogens is 4. The van der Waals surface area contributed by atoms with Gasteiger partial charge in [0.15, 0.2) is 6.23 Å². The first-order valence-electron chi connectivity index (χ1n) is 20.4. The number of phosphoric ester groups is 1. The smallest absolute Gasteiger partial charge is 0.481 e. The van der Waals surface area contributed by atoms with Gasteiger partial charge in [0, 0.05) is 76.7 Å². The predicted octanol–water partition coefficient (Wildman–Crippen LogP) is 1.91. The molecule has 68 heavy (non-hydrogen) atoms. The number of nitrogens with one attached hydrogen (secondary N) is 5. The van der Waals surface area contributed by atoms with Crippen LogP contribution in [-0.2, 0) is 61.1 Å². The molecule has 366 valence electrons. The van der Waals surface area contributed by atoms with Crippen LogP contribution in [0.4, 0.5) is 0 Å². The Morgan fingerprint density at radius 2 is 1.31 bits per heavy atom. The number of aliphatic hydroxyl groups excluding tert-OH is 2. The quantitative estimate of drug-likeness (QED) is 0.0810. The lowest BCUT2D eigenvalue weighted by atomic mass is 9.98. The number of hydrogen-bond donors (Lipinski definition) is 12. The summed E-state index contributed by atoms with van der Waals surface area (Å²) in [6.45, 7) is 14.0. The maximum atomic E-state index is 12.3. The van der Waals surface area contributed by atoms with E-state index in [0.717, 1.165) is 67.4 Å². The third-order valence-corrected chi connectivity index (χ3v) is 13.3. The van der Waals surface area contributed by atoms with Gasteiger partial charge in [-0.25, -0.2) is 13.9 Å². The SMILES string of the molecule is C=CC1=C(C)/C(=C/c2[nH]c(Cc3[nH]c(/C=C4\NC(=O)C(C)=C4C=C)c(C)c3CCC(=O)O)c(CCC(=O)O)c2C)NC1=O.O=c1ccn([C@@H]2O[C@H](COP(=O)(O)OP(=O)(O)O)[C@@H](O)[C@H]2O)c(=O)[nH]1. The standard InChI is InChI=1S/C33H36N4O6.C9H14N2O12P2/c1-7-20-19(6)32(42)37-27(20)14-25-18(5)23(10-12-31(40)41)29(35-25)15-28-22(9-11-30(38)39)17(4)24(34-28)13-26-16(3)21(8-2)33(43)36-26;12-5-1-2-11(9(15)10-5)8-7(14)6(13)4(22-8)3-21-25(19,20)23-24(16,17)18/h7-8,13-14,34-35H,1-2,9-12,15H2,3-6H3,(H,36,43)(H,37,42)(H,38,39)(H,40,41);1-2,4,6-8,13-14H,3H2,(H,19,20)(H,10,12,15)(H2,16,17,18)/b26-13-,27-14-;/t;4-,6-,7-,8-/m.1/s1. The van der Waals surface area contributed by atoms with Crippen LogP contribution in [0.25, 0.3) is 12.2 Å². The molecule has 2 amide bonds. The zero-order valence-electron chi connectivity index (χ0n) is 36.9. The van der Waals surface area contributed by atoms with Gasteiger partial charge < -0.3 is 60.4 Å². The molecule has 3 aliphatic rings. The molecule has 0 aromatic carbocycles. The van der Waals surface area contributed by atoms with Crippen molar-refractivity contribution in [3.8, 4) is 0 Å². The lowest BCUT2D eigenvalue weighted by molar-refractivity contribution is -0.138. The number of ether oxygens (including phenoxy) is 1. The van der Waals surface area contributed by atoms with E-state index in [1.807, 2.05) is 37.9 Å². The van der Waals surface area contributed by atoms with Gasteiger partial charge in [-0.1, -0.05) is 25.3 Å². The summed E-state index contributed by atoms with van der Waals surface area (Å²) in [5, 5.41) is 44.4. The Bertz CT molecular complexity index is 2910. The third kappa shape index (κ3) is 12.4. The summed E-state index contributed by atoms with van der Waals surface area (Å²) in [4.78, 5) is 105. The average Bonchev–Trinajstić information content (AvgIpc) is 3.96. The van der Waals surface area contributed by atoms with E-state index in [-0.39, 0.29) is 37.5 Å². The monoisotopic (exact) mass is 988 g/mol. The fourth-order valence-corrected chi connectivity index (χ4v) is 9.26. The molecule has 0 saturated carbocycles. The van der Waals surface area contributed by atoms with Gasteiger partial charge in [0.05, 0.1) is 12.3 Å². The minimum Gasteiger partial charge on any atom is -0.481 e. The van der Waals surface area contributed by atoms with Crippen LogP contribution in [0.1, 0.15) is 77.9 Å². The van der Waals surface area contributed by atoms with E-state index in [1.165, 1.54) is 6.08 Å². The second-order valence-corrected chi connectivity index (χ2v) is 18.4. The first kappa shape index (κ1) is 52.7. The van der Waals surface area contributed by atoms with Crippen molar-refractivity contribution >= 4 is 51.6 Å². The number of aromatic amines is 3. The highest BCUT2D eigenvalue weighted by molar-refractivity contribution is 7.60. The highest BCUT2D eigenvalue weighted by Crippen LogP contribution is 2.57. The molecule has 26 heteroatoms. The summed E-state index contributed by atoms with van der Waals surface area (Å²) in [6, 6.07) is 0.962. The predicted molar refractivity (Wildman–Crippen MR) is 240 cm³/mol. The number of aliphatic carboxylic acids is 2. The molecular weight excluding hydrogens is 938 g/mol. The number of H-pyrrole nitrogens is 3. The summed E-state index contributed by atoms with van der Waals surface area (Å²) < 4.78 is 35.6. The molecule has 6 rings (SSSR count). The third-order valence-electron chi connectivity index (χ3n) is 11.2. The number of allylic oxidation sites excluding steroid dienone is 2. The Morgan fingerprint density at radius 3 is 1.79 bits per heavy atom. The van der Waals surface area contributed by atoms with E-state index in [9.17, 15) is 58.3 Å². The Labute approximate surface area is 385 Å². The molecule has 3 aromatic rings. The van der Waals surface area contributed by atoms with E-state index in [1.54, 1.807) is 13.0 Å². The van der Waals surface area contributed by atoms with Crippen molar-refractivity contribution in [1.82, 2.24) is 30.2 Å². The van der Waals surface area contributed by atoms with Crippen LogP contribution in [0.2, 0.25) is 0 Å². The number of carbonyl (C=O) groups excluding carboxylic acids is 2. The number of carbonyl (C=O) groups is 4. The molecule has 0 aliphatic carbocycles. The highest BCUT2D eigenvalue weighted by Gasteiger charge is 2.46. The van der Waals surface area contributed by atoms with Gasteiger partial charge >= 0.3 is 33.3 Å². The lowest BCUT2D eigenvalue weighted by Crippen LogP contribution is -2.37. The molecule has 0 bridgehead atoms. The van der Waals surface area contributed by atoms with Crippen LogP contribution in [0, 0.1) is 13.8 Å². The van der Waals surface area contributed by atoms with Crippen LogP contribution in [0.3, 0.4) is 0 Å². The highest BCUT2D eigenvalue weighted by atomic mass is 31.3. The van der Waals surface area contributed by atoms with Crippen LogP contribution in [-0.4, -0.2) is 103 Å². The first-order chi connectivity index (χ1) is 31.7. The van der Waals surface area contributed by atoms with Crippen molar-refractivity contribution in [2.24, 2.45) is 0 Å². The molecular formula is C42H50N6O18P2. The van der Waals surface area contributed by atoms with Crippen molar-refractivity contribution in [2.75, 3.05) is 6.61 Å². The van der Waals surface area contributed by atoms with Crippen molar-refractivity contribution < 1.29 is 77.0 Å². The summed E-state index contributed by atoms with van der Waals surface area (Å²) in [7, 11) is -10.5. The minimum atomic E-state index is -5.32. The van der Waals surface area contributed by atoms with Crippen LogP contribution in [0.15, 0.2) is 80.8 Å². The number of hydrogen-bond acceptors (Lipinski definition) is 13. The van der Waals surface area contributed by atoms with Crippen molar-refractivity contribution in [2.45, 2.75) is 84.3 Å². The number of nitrogens with zero attached hydrogens (tertiary/aromatic N) is 1. The molecule has 24 nitrogen and oxygen atoms in total. The fraction of sp³-hybridized carbons (Fsp3) is 0.333. The zero-order valence-corrected chi connectivity index (χ0v) is 38.7. The number of carboxylic acids is 2.